The molecule has 2 heterocycles. The van der Waals surface area contributed by atoms with Gasteiger partial charge in [-0.15, -0.1) is 0 Å². The van der Waals surface area contributed by atoms with Gasteiger partial charge in [0.2, 0.25) is 0 Å². The van der Waals surface area contributed by atoms with Crippen molar-refractivity contribution >= 4 is 21.4 Å². The maximum absolute atomic E-state index is 12.8. The average molecular weight is 400 g/mol. The monoisotopic (exact) mass is 399 g/mol. The van der Waals surface area contributed by atoms with Gasteiger partial charge in [0.25, 0.3) is 5.91 Å². The van der Waals surface area contributed by atoms with Crippen LogP contribution < -0.4 is 5.32 Å². The molecule has 7 heteroatoms. The Hall–Kier alpha value is -2.67. The highest BCUT2D eigenvalue weighted by Gasteiger charge is 2.28. The molecule has 1 aliphatic carbocycles. The van der Waals surface area contributed by atoms with Gasteiger partial charge in [-0.1, -0.05) is 31.4 Å². The van der Waals surface area contributed by atoms with Crippen molar-refractivity contribution in [2.45, 2.75) is 48.8 Å². The lowest BCUT2D eigenvalue weighted by molar-refractivity contribution is 0.0950. The van der Waals surface area contributed by atoms with Gasteiger partial charge in [0, 0.05) is 26.6 Å². The van der Waals surface area contributed by atoms with Crippen molar-refractivity contribution in [3.05, 3.63) is 66.1 Å². The topological polar surface area (TPSA) is 80.5 Å². The highest BCUT2D eigenvalue weighted by molar-refractivity contribution is 7.92. The number of aromatic nitrogens is 2. The van der Waals surface area contributed by atoms with Crippen molar-refractivity contribution in [2.75, 3.05) is 0 Å². The number of amides is 1. The van der Waals surface area contributed by atoms with Gasteiger partial charge in [0.15, 0.2) is 9.84 Å². The molecule has 0 saturated heterocycles. The van der Waals surface area contributed by atoms with Gasteiger partial charge in [0.05, 0.1) is 15.7 Å². The van der Waals surface area contributed by atoms with E-state index in [1.54, 1.807) is 59.4 Å². The summed E-state index contributed by atoms with van der Waals surface area (Å²) in [6.45, 7) is 0.338. The van der Waals surface area contributed by atoms with Crippen LogP contribution in [0.3, 0.4) is 0 Å². The van der Waals surface area contributed by atoms with Crippen LogP contribution in [-0.2, 0) is 16.4 Å². The molecule has 4 rings (SSSR count). The Balaban J connectivity index is 0.00000240. The number of nitrogens with one attached hydrogen (secondary N) is 1. The number of hydrogen-bond donors (Lipinski definition) is 1. The van der Waals surface area contributed by atoms with E-state index >= 15 is 0 Å². The van der Waals surface area contributed by atoms with Crippen molar-refractivity contribution in [3.63, 3.8) is 0 Å². The molecule has 0 atom stereocenters. The molecule has 0 spiro atoms. The Bertz CT molecular complexity index is 1090. The molecule has 0 aliphatic heterocycles. The minimum atomic E-state index is -3.26. The van der Waals surface area contributed by atoms with Gasteiger partial charge < -0.3 is 9.72 Å². The summed E-state index contributed by atoms with van der Waals surface area (Å²) in [4.78, 5) is 16.9. The van der Waals surface area contributed by atoms with E-state index in [1.807, 2.05) is 0 Å². The highest BCUT2D eigenvalue weighted by atomic mass is 32.2. The molecular weight excluding hydrogens is 374 g/mol. The molecule has 0 radical (unpaired) electrons. The van der Waals surface area contributed by atoms with Crippen molar-refractivity contribution < 1.29 is 14.6 Å². The van der Waals surface area contributed by atoms with Gasteiger partial charge in [-0.05, 0) is 42.7 Å². The molecule has 6 nitrogen and oxygen atoms in total. The van der Waals surface area contributed by atoms with Crippen LogP contribution in [0.2, 0.25) is 0 Å². The first kappa shape index (κ1) is 18.7. The summed E-state index contributed by atoms with van der Waals surface area (Å²) in [6.07, 6.45) is 9.80. The first-order chi connectivity index (χ1) is 13.5. The molecule has 3 aromatic rings. The molecule has 1 N–H and O–H groups in total. The van der Waals surface area contributed by atoms with E-state index in [2.05, 4.69) is 10.3 Å². The maximum atomic E-state index is 12.8. The number of hydrogen-bond acceptors (Lipinski definition) is 4. The number of sulfone groups is 1. The van der Waals surface area contributed by atoms with E-state index in [1.165, 1.54) is 0 Å². The number of carbonyl (C=O) groups excluding carboxylic acids is 1. The fourth-order valence-electron chi connectivity index (χ4n) is 3.70. The van der Waals surface area contributed by atoms with Gasteiger partial charge >= 0.3 is 0 Å². The molecule has 148 valence electrons. The number of fused-ring (bicyclic) bond motifs is 1. The second kappa shape index (κ2) is 7.75. The standard InChI is InChI=1S/C21H23N3O3S.H2/c25-21(17-8-11-20-22-12-13-24(20)15-17)23-14-16-6-9-19(10-7-16)28(26,27)18-4-2-1-3-5-18;/h6-13,15,18H,1-5,14H2,(H,23,25);1H. The minimum Gasteiger partial charge on any atom is -0.348 e. The summed E-state index contributed by atoms with van der Waals surface area (Å²) in [5.41, 5.74) is 2.19. The van der Waals surface area contributed by atoms with E-state index in [4.69, 9.17) is 0 Å². The molecule has 1 saturated carbocycles. The predicted molar refractivity (Wildman–Crippen MR) is 109 cm³/mol. The second-order valence-electron chi connectivity index (χ2n) is 7.24. The Morgan fingerprint density at radius 2 is 1.86 bits per heavy atom. The molecule has 1 aliphatic rings. The number of nitrogens with zero attached hydrogens (tertiary/aromatic N) is 2. The lowest BCUT2D eigenvalue weighted by Gasteiger charge is -2.21. The summed E-state index contributed by atoms with van der Waals surface area (Å²) in [7, 11) is -3.26. The first-order valence-corrected chi connectivity index (χ1v) is 11.1. The number of pyridine rings is 1. The zero-order valence-corrected chi connectivity index (χ0v) is 16.4. The second-order valence-corrected chi connectivity index (χ2v) is 9.47. The molecule has 1 fully saturated rings. The third-order valence-electron chi connectivity index (χ3n) is 5.35. The first-order valence-electron chi connectivity index (χ1n) is 9.58. The van der Waals surface area contributed by atoms with Crippen molar-refractivity contribution in [1.29, 1.82) is 0 Å². The lowest BCUT2D eigenvalue weighted by atomic mass is 10.0. The summed E-state index contributed by atoms with van der Waals surface area (Å²) < 4.78 is 27.3. The Kier molecular flexibility index (Phi) is 5.17. The number of benzene rings is 1. The van der Waals surface area contributed by atoms with E-state index in [9.17, 15) is 13.2 Å². The Labute approximate surface area is 166 Å². The number of imidazole rings is 1. The smallest absolute Gasteiger partial charge is 0.253 e. The Morgan fingerprint density at radius 1 is 1.11 bits per heavy atom. The SMILES string of the molecule is O=C(NCc1ccc(S(=O)(=O)C2CCCCC2)cc1)c1ccc2nccn2c1.[HH]. The zero-order chi connectivity index (χ0) is 19.6. The highest BCUT2D eigenvalue weighted by Crippen LogP contribution is 2.28. The van der Waals surface area contributed by atoms with E-state index < -0.39 is 9.84 Å². The largest absolute Gasteiger partial charge is 0.348 e. The van der Waals surface area contributed by atoms with Gasteiger partial charge in [0.1, 0.15) is 5.65 Å². The van der Waals surface area contributed by atoms with E-state index in [-0.39, 0.29) is 12.6 Å². The number of rotatable bonds is 5. The summed E-state index contributed by atoms with van der Waals surface area (Å²) >= 11 is 0. The van der Waals surface area contributed by atoms with E-state index in [0.29, 0.717) is 17.0 Å². The molecule has 0 bridgehead atoms. The molecule has 1 amide bonds. The molecule has 28 heavy (non-hydrogen) atoms. The summed E-state index contributed by atoms with van der Waals surface area (Å²) in [5, 5.41) is 2.61. The molecular formula is C21H25N3O3S. The fraction of sp³-hybridized carbons (Fsp3) is 0.333. The quantitative estimate of drug-likeness (QED) is 0.711. The normalized spacial score (nSPS) is 15.6. The van der Waals surface area contributed by atoms with Gasteiger partial charge in [-0.2, -0.15) is 0 Å². The van der Waals surface area contributed by atoms with Gasteiger partial charge in [-0.25, -0.2) is 13.4 Å². The van der Waals surface area contributed by atoms with Crippen LogP contribution in [0.15, 0.2) is 59.9 Å². The van der Waals surface area contributed by atoms with Gasteiger partial charge in [-0.3, -0.25) is 4.79 Å². The fourth-order valence-corrected chi connectivity index (χ4v) is 5.56. The van der Waals surface area contributed by atoms with Crippen molar-refractivity contribution in [3.8, 4) is 0 Å². The predicted octanol–water partition coefficient (Wildman–Crippen LogP) is 3.62. The number of carbonyl (C=O) groups is 1. The molecule has 0 unspecified atom stereocenters. The summed E-state index contributed by atoms with van der Waals surface area (Å²) in [6, 6.07) is 10.4. The molecule has 1 aromatic carbocycles. The minimum absolute atomic E-state index is 0. The lowest BCUT2D eigenvalue weighted by Crippen LogP contribution is -2.24. The van der Waals surface area contributed by atoms with Crippen LogP contribution in [0.1, 0.15) is 49.5 Å². The van der Waals surface area contributed by atoms with Crippen LogP contribution in [0, 0.1) is 0 Å². The third kappa shape index (κ3) is 3.80. The Morgan fingerprint density at radius 3 is 2.61 bits per heavy atom. The van der Waals surface area contributed by atoms with E-state index in [0.717, 1.165) is 43.3 Å². The van der Waals surface area contributed by atoms with Crippen LogP contribution in [0.4, 0.5) is 0 Å². The molecule has 2 aromatic heterocycles. The zero-order valence-electron chi connectivity index (χ0n) is 15.5. The van der Waals surface area contributed by atoms with Crippen LogP contribution in [0.5, 0.6) is 0 Å². The van der Waals surface area contributed by atoms with Crippen LogP contribution >= 0.6 is 0 Å². The van der Waals surface area contributed by atoms with Crippen molar-refractivity contribution in [2.24, 2.45) is 0 Å². The van der Waals surface area contributed by atoms with Crippen molar-refractivity contribution in [1.82, 2.24) is 14.7 Å². The average Bonchev–Trinajstić information content (AvgIpc) is 3.21. The third-order valence-corrected chi connectivity index (χ3v) is 7.63. The van der Waals surface area contributed by atoms with Crippen LogP contribution in [0.25, 0.3) is 5.65 Å². The maximum Gasteiger partial charge on any atom is 0.253 e. The summed E-state index contributed by atoms with van der Waals surface area (Å²) in [5.74, 6) is -0.186. The van der Waals surface area contributed by atoms with Crippen LogP contribution in [-0.4, -0.2) is 29.0 Å².